The standard InChI is InChI=1S/C37H44N6O3/c1-4-46-34-21-27(36(44)42-19-16-26(24-42)20-25-8-7-17-40(2)18-15-25)11-14-30(34)39-35-22-32-33(23-38-35)41(3)37(45)29-9-5-6-10-31(29)43(32)28-12-13-28/h5-6,8-11,14,21-23,26,28H,4,7,12-13,15-20,24H2,1-3H3,(H,38,39)/t26-/m0/s1. The zero-order valence-corrected chi connectivity index (χ0v) is 27.2. The summed E-state index contributed by atoms with van der Waals surface area (Å²) in [6.07, 6.45) is 10.7. The van der Waals surface area contributed by atoms with Crippen LogP contribution in [0, 0.1) is 5.92 Å². The maximum absolute atomic E-state index is 13.6. The van der Waals surface area contributed by atoms with Gasteiger partial charge in [0, 0.05) is 50.9 Å². The van der Waals surface area contributed by atoms with Gasteiger partial charge in [0.15, 0.2) is 0 Å². The SMILES string of the molecule is CCOc1cc(C(=O)N2CC[C@@H](CC3=CCCN(C)CC3)C2)ccc1Nc1cc2c(cn1)N(C)C(=O)c1ccccc1N2C1CC1. The molecule has 2 aromatic carbocycles. The third-order valence-corrected chi connectivity index (χ3v) is 9.77. The lowest BCUT2D eigenvalue weighted by Crippen LogP contribution is -2.28. The van der Waals surface area contributed by atoms with Crippen LogP contribution in [0.25, 0.3) is 0 Å². The van der Waals surface area contributed by atoms with Crippen molar-refractivity contribution in [2.24, 2.45) is 5.92 Å². The van der Waals surface area contributed by atoms with Crippen LogP contribution >= 0.6 is 0 Å². The minimum atomic E-state index is -0.0416. The molecule has 46 heavy (non-hydrogen) atoms. The molecule has 240 valence electrons. The highest BCUT2D eigenvalue weighted by molar-refractivity contribution is 6.13. The minimum Gasteiger partial charge on any atom is -0.492 e. The topological polar surface area (TPSA) is 81.2 Å². The average molecular weight is 621 g/mol. The zero-order chi connectivity index (χ0) is 31.8. The highest BCUT2D eigenvalue weighted by Crippen LogP contribution is 2.47. The van der Waals surface area contributed by atoms with Gasteiger partial charge >= 0.3 is 0 Å². The lowest BCUT2D eigenvalue weighted by molar-refractivity contribution is 0.0786. The first-order valence-electron chi connectivity index (χ1n) is 16.8. The second kappa shape index (κ2) is 12.8. The number of nitrogens with one attached hydrogen (secondary N) is 1. The number of para-hydroxylation sites is 1. The van der Waals surface area contributed by atoms with Crippen molar-refractivity contribution in [3.63, 3.8) is 0 Å². The predicted molar refractivity (Wildman–Crippen MR) is 183 cm³/mol. The van der Waals surface area contributed by atoms with Gasteiger partial charge in [0.05, 0.1) is 41.1 Å². The van der Waals surface area contributed by atoms with E-state index in [1.165, 1.54) is 0 Å². The normalized spacial score (nSPS) is 20.1. The van der Waals surface area contributed by atoms with E-state index >= 15 is 0 Å². The molecule has 1 N–H and O–H groups in total. The fourth-order valence-corrected chi connectivity index (χ4v) is 7.10. The Balaban J connectivity index is 1.10. The number of nitrogens with zero attached hydrogens (tertiary/aromatic N) is 5. The molecule has 1 aromatic heterocycles. The molecule has 9 nitrogen and oxygen atoms in total. The van der Waals surface area contributed by atoms with Gasteiger partial charge in [0.1, 0.15) is 11.6 Å². The number of carbonyl (C=O) groups is 2. The van der Waals surface area contributed by atoms with Gasteiger partial charge in [-0.15, -0.1) is 0 Å². The van der Waals surface area contributed by atoms with E-state index in [-0.39, 0.29) is 11.8 Å². The number of carbonyl (C=O) groups excluding carboxylic acids is 2. The molecule has 1 saturated carbocycles. The molecule has 0 unspecified atom stereocenters. The lowest BCUT2D eigenvalue weighted by Gasteiger charge is -2.27. The quantitative estimate of drug-likeness (QED) is 0.284. The van der Waals surface area contributed by atoms with Crippen molar-refractivity contribution in [3.05, 3.63) is 77.5 Å². The molecule has 0 spiro atoms. The molecule has 9 heteroatoms. The Kier molecular flexibility index (Phi) is 8.42. The molecule has 3 aromatic rings. The summed E-state index contributed by atoms with van der Waals surface area (Å²) in [4.78, 5) is 40.1. The van der Waals surface area contributed by atoms with E-state index in [0.29, 0.717) is 41.3 Å². The van der Waals surface area contributed by atoms with Crippen molar-refractivity contribution in [2.45, 2.75) is 51.5 Å². The van der Waals surface area contributed by atoms with E-state index in [4.69, 9.17) is 9.72 Å². The molecule has 2 fully saturated rings. The van der Waals surface area contributed by atoms with Crippen molar-refractivity contribution in [2.75, 3.05) is 62.0 Å². The predicted octanol–water partition coefficient (Wildman–Crippen LogP) is 6.62. The summed E-state index contributed by atoms with van der Waals surface area (Å²) in [5.41, 5.74) is 6.27. The molecule has 4 aliphatic rings. The van der Waals surface area contributed by atoms with Crippen LogP contribution in [-0.2, 0) is 0 Å². The van der Waals surface area contributed by atoms with E-state index in [1.807, 2.05) is 67.4 Å². The summed E-state index contributed by atoms with van der Waals surface area (Å²) in [7, 11) is 4.00. The van der Waals surface area contributed by atoms with Crippen LogP contribution in [-0.4, -0.2) is 79.5 Å². The zero-order valence-electron chi connectivity index (χ0n) is 27.2. The summed E-state index contributed by atoms with van der Waals surface area (Å²) < 4.78 is 6.05. The average Bonchev–Trinajstić information content (AvgIpc) is 3.84. The van der Waals surface area contributed by atoms with E-state index in [1.54, 1.807) is 16.7 Å². The largest absolute Gasteiger partial charge is 0.492 e. The van der Waals surface area contributed by atoms with Crippen LogP contribution in [0.5, 0.6) is 5.75 Å². The number of benzene rings is 2. The van der Waals surface area contributed by atoms with Gasteiger partial charge in [-0.25, -0.2) is 4.98 Å². The van der Waals surface area contributed by atoms with Gasteiger partial charge in [0.25, 0.3) is 11.8 Å². The summed E-state index contributed by atoms with van der Waals surface area (Å²) in [6.45, 7) is 6.25. The Morgan fingerprint density at radius 2 is 1.85 bits per heavy atom. The Morgan fingerprint density at radius 1 is 1.00 bits per heavy atom. The molecular formula is C37H44N6O3. The Morgan fingerprint density at radius 3 is 2.67 bits per heavy atom. The third-order valence-electron chi connectivity index (χ3n) is 9.77. The Bertz CT molecular complexity index is 1670. The molecule has 4 heterocycles. The van der Waals surface area contributed by atoms with Crippen LogP contribution in [0.3, 0.4) is 0 Å². The van der Waals surface area contributed by atoms with Crippen molar-refractivity contribution in [3.8, 4) is 5.75 Å². The molecule has 1 atom stereocenters. The molecule has 0 bridgehead atoms. The molecule has 1 saturated heterocycles. The number of ether oxygens (including phenoxy) is 1. The summed E-state index contributed by atoms with van der Waals surface area (Å²) in [5.74, 6) is 1.79. The van der Waals surface area contributed by atoms with Gasteiger partial charge in [-0.05, 0) is 88.7 Å². The first kappa shape index (κ1) is 30.3. The lowest BCUT2D eigenvalue weighted by atomic mass is 9.96. The number of likely N-dealkylation sites (tertiary alicyclic amines) is 1. The number of amides is 2. The highest BCUT2D eigenvalue weighted by Gasteiger charge is 2.38. The van der Waals surface area contributed by atoms with E-state index in [0.717, 1.165) is 87.5 Å². The molecule has 2 amide bonds. The number of anilines is 5. The second-order valence-corrected chi connectivity index (χ2v) is 13.1. The van der Waals surface area contributed by atoms with Crippen LogP contribution < -0.4 is 19.9 Å². The highest BCUT2D eigenvalue weighted by atomic mass is 16.5. The van der Waals surface area contributed by atoms with Gasteiger partial charge in [0.2, 0.25) is 0 Å². The number of pyridine rings is 1. The minimum absolute atomic E-state index is 0.0416. The fraction of sp³-hybridized carbons (Fsp3) is 0.432. The van der Waals surface area contributed by atoms with Crippen molar-refractivity contribution in [1.82, 2.24) is 14.8 Å². The van der Waals surface area contributed by atoms with Gasteiger partial charge < -0.3 is 29.7 Å². The number of rotatable bonds is 8. The monoisotopic (exact) mass is 620 g/mol. The molecule has 0 radical (unpaired) electrons. The number of hydrogen-bond donors (Lipinski definition) is 1. The summed E-state index contributed by atoms with van der Waals surface area (Å²) in [5, 5.41) is 3.45. The van der Waals surface area contributed by atoms with Crippen molar-refractivity contribution < 1.29 is 14.3 Å². The molecule has 1 aliphatic carbocycles. The van der Waals surface area contributed by atoms with E-state index in [9.17, 15) is 9.59 Å². The Hall–Kier alpha value is -4.37. The number of aromatic nitrogens is 1. The third kappa shape index (κ3) is 6.08. The van der Waals surface area contributed by atoms with E-state index < -0.39 is 0 Å². The van der Waals surface area contributed by atoms with Crippen LogP contribution in [0.15, 0.2) is 66.4 Å². The van der Waals surface area contributed by atoms with Gasteiger partial charge in [-0.1, -0.05) is 23.8 Å². The smallest absolute Gasteiger partial charge is 0.260 e. The number of fused-ring (bicyclic) bond motifs is 2. The molecular weight excluding hydrogens is 576 g/mol. The fourth-order valence-electron chi connectivity index (χ4n) is 7.10. The maximum Gasteiger partial charge on any atom is 0.260 e. The Labute approximate surface area is 271 Å². The van der Waals surface area contributed by atoms with Crippen LogP contribution in [0.4, 0.5) is 28.6 Å². The van der Waals surface area contributed by atoms with Crippen molar-refractivity contribution >= 4 is 40.4 Å². The summed E-state index contributed by atoms with van der Waals surface area (Å²) in [6, 6.07) is 15.8. The van der Waals surface area contributed by atoms with Gasteiger partial charge in [-0.2, -0.15) is 0 Å². The van der Waals surface area contributed by atoms with Gasteiger partial charge in [-0.3, -0.25) is 9.59 Å². The second-order valence-electron chi connectivity index (χ2n) is 13.1. The first-order chi connectivity index (χ1) is 22.4. The molecule has 3 aliphatic heterocycles. The number of hydrogen-bond acceptors (Lipinski definition) is 7. The van der Waals surface area contributed by atoms with Crippen LogP contribution in [0.1, 0.15) is 66.2 Å². The summed E-state index contributed by atoms with van der Waals surface area (Å²) >= 11 is 0. The first-order valence-corrected chi connectivity index (χ1v) is 16.8. The van der Waals surface area contributed by atoms with Crippen molar-refractivity contribution in [1.29, 1.82) is 0 Å². The molecule has 7 rings (SSSR count). The van der Waals surface area contributed by atoms with Crippen LogP contribution in [0.2, 0.25) is 0 Å². The van der Waals surface area contributed by atoms with E-state index in [2.05, 4.69) is 28.2 Å². The maximum atomic E-state index is 13.6.